The maximum atomic E-state index is 14.2. The first-order valence-electron chi connectivity index (χ1n) is 24.1. The molecule has 364 valence electrons. The predicted molar refractivity (Wildman–Crippen MR) is 276 cm³/mol. The van der Waals surface area contributed by atoms with Gasteiger partial charge in [0.1, 0.15) is 0 Å². The van der Waals surface area contributed by atoms with Crippen LogP contribution in [-0.4, -0.2) is 89.2 Å². The summed E-state index contributed by atoms with van der Waals surface area (Å²) in [4.78, 5) is 48.0. The highest BCUT2D eigenvalue weighted by molar-refractivity contribution is 9.10. The third-order valence-corrected chi connectivity index (χ3v) is 16.2. The first-order valence-corrected chi connectivity index (χ1v) is 24.9. The fraction of sp³-hybridized carbons (Fsp3) is 0.444. The van der Waals surface area contributed by atoms with Crippen molar-refractivity contribution in [3.05, 3.63) is 134 Å². The second-order valence-electron chi connectivity index (χ2n) is 20.1. The van der Waals surface area contributed by atoms with Gasteiger partial charge in [0, 0.05) is 41.6 Å². The molecule has 4 aromatic rings. The van der Waals surface area contributed by atoms with Gasteiger partial charge in [-0.1, -0.05) is 76.6 Å². The van der Waals surface area contributed by atoms with E-state index in [1.165, 1.54) is 17.2 Å². The molecule has 4 aromatic carbocycles. The molecule has 2 unspecified atom stereocenters. The van der Waals surface area contributed by atoms with E-state index in [0.717, 1.165) is 90.9 Å². The lowest BCUT2D eigenvalue weighted by Gasteiger charge is -2.45. The Morgan fingerprint density at radius 1 is 0.671 bits per heavy atom. The smallest absolute Gasteiger partial charge is 0.423 e. The van der Waals surface area contributed by atoms with Gasteiger partial charge in [0.2, 0.25) is 0 Å². The largest absolute Gasteiger partial charge is 0.487 e. The second-order valence-corrected chi connectivity index (χ2v) is 21.0. The molecule has 0 aromatic heterocycles. The number of guanidine groups is 2. The molecule has 14 nitrogen and oxygen atoms in total. The van der Waals surface area contributed by atoms with E-state index in [1.807, 2.05) is 45.9 Å². The van der Waals surface area contributed by atoms with E-state index in [9.17, 15) is 9.59 Å². The highest BCUT2D eigenvalue weighted by Crippen LogP contribution is 2.64. The van der Waals surface area contributed by atoms with Gasteiger partial charge in [-0.15, -0.1) is 0 Å². The summed E-state index contributed by atoms with van der Waals surface area (Å²) >= 11 is 3.58. The molecule has 2 saturated carbocycles. The monoisotopic (exact) mass is 1010 g/mol. The number of ether oxygens (including phenoxy) is 2. The Kier molecular flexibility index (Phi) is 14.2. The minimum atomic E-state index is -1.49. The van der Waals surface area contributed by atoms with Crippen molar-refractivity contribution in [1.82, 2.24) is 9.80 Å². The molecule has 10 rings (SSSR count). The Labute approximate surface area is 420 Å². The number of benzene rings is 4. The zero-order valence-electron chi connectivity index (χ0n) is 40.8. The minimum Gasteiger partial charge on any atom is -0.423 e. The predicted octanol–water partition coefficient (Wildman–Crippen LogP) is 8.05. The summed E-state index contributed by atoms with van der Waals surface area (Å²) in [5.74, 6) is 0.706. The van der Waals surface area contributed by atoms with Crippen LogP contribution in [0.3, 0.4) is 0 Å². The molecule has 70 heavy (non-hydrogen) atoms. The molecule has 0 bridgehead atoms. The lowest BCUT2D eigenvalue weighted by Crippen LogP contribution is -2.53. The van der Waals surface area contributed by atoms with Crippen molar-refractivity contribution in [2.75, 3.05) is 14.2 Å². The molecule has 2 heterocycles. The second kappa shape index (κ2) is 19.7. The van der Waals surface area contributed by atoms with Crippen LogP contribution < -0.4 is 16.9 Å². The Morgan fingerprint density at radius 2 is 1.11 bits per heavy atom. The lowest BCUT2D eigenvalue weighted by molar-refractivity contribution is -0.140. The average molecular weight is 1010 g/mol. The summed E-state index contributed by atoms with van der Waals surface area (Å²) in [6, 6.07) is 26.4. The van der Waals surface area contributed by atoms with E-state index in [-0.39, 0.29) is 46.9 Å². The molecular formula is C54H62BBrN8O6. The molecule has 4 spiro atoms. The summed E-state index contributed by atoms with van der Waals surface area (Å²) in [5, 5.41) is 17.4. The van der Waals surface area contributed by atoms with E-state index >= 15 is 0 Å². The zero-order chi connectivity index (χ0) is 50.3. The molecule has 6 aliphatic rings. The zero-order valence-corrected chi connectivity index (χ0v) is 42.4. The molecular weight excluding hydrogens is 947 g/mol. The van der Waals surface area contributed by atoms with Crippen molar-refractivity contribution in [3.63, 3.8) is 0 Å². The normalized spacial score (nSPS) is 27.2. The molecule has 4 aliphatic carbocycles. The molecule has 2 amide bonds. The quantitative estimate of drug-likeness (QED) is 0.110. The number of halogens is 1. The van der Waals surface area contributed by atoms with Crippen molar-refractivity contribution in [1.29, 1.82) is 0 Å². The minimum absolute atomic E-state index is 0.00308. The van der Waals surface area contributed by atoms with Crippen LogP contribution in [-0.2, 0) is 43.0 Å². The maximum absolute atomic E-state index is 14.2. The average Bonchev–Trinajstić information content (AvgIpc) is 3.99. The number of carbonyl (C=O) groups is 2. The van der Waals surface area contributed by atoms with Gasteiger partial charge in [0.15, 0.2) is 34.4 Å². The first-order chi connectivity index (χ1) is 33.4. The van der Waals surface area contributed by atoms with E-state index in [0.29, 0.717) is 28.8 Å². The molecule has 2 fully saturated rings. The third-order valence-electron chi connectivity index (χ3n) is 15.8. The third kappa shape index (κ3) is 8.41. The van der Waals surface area contributed by atoms with Crippen molar-refractivity contribution in [2.45, 2.75) is 127 Å². The number of fused-ring (bicyclic) bond motifs is 6. The van der Waals surface area contributed by atoms with Crippen molar-refractivity contribution >= 4 is 63.6 Å². The summed E-state index contributed by atoms with van der Waals surface area (Å²) in [6.45, 7) is 22.0. The van der Waals surface area contributed by atoms with Gasteiger partial charge in [-0.3, -0.25) is 19.4 Å². The van der Waals surface area contributed by atoms with Gasteiger partial charge >= 0.3 is 7.12 Å². The fourth-order valence-electron chi connectivity index (χ4n) is 12.3. The van der Waals surface area contributed by atoms with Crippen molar-refractivity contribution < 1.29 is 29.1 Å². The number of hydrogen-bond donors (Lipinski definition) is 4. The highest BCUT2D eigenvalue weighted by atomic mass is 79.9. The number of carbonyl (C=O) groups excluding carboxylic acids is 2. The van der Waals surface area contributed by atoms with Crippen LogP contribution in [0.15, 0.2) is 99.4 Å². The van der Waals surface area contributed by atoms with E-state index in [4.69, 9.17) is 54.1 Å². The molecule has 2 atom stereocenters. The topological polar surface area (TPSA) is 185 Å². The van der Waals surface area contributed by atoms with Gasteiger partial charge in [0.25, 0.3) is 11.8 Å². The molecule has 6 N–H and O–H groups in total. The Hall–Kier alpha value is -5.88. The summed E-state index contributed by atoms with van der Waals surface area (Å²) in [7, 11) is 2.05. The summed E-state index contributed by atoms with van der Waals surface area (Å²) in [6.07, 6.45) is 9.51. The number of nitrogens with zero attached hydrogens (tertiary/aromatic N) is 6. The summed E-state index contributed by atoms with van der Waals surface area (Å²) in [5.41, 5.74) is 18.0. The van der Waals surface area contributed by atoms with Gasteiger partial charge in [0.05, 0.1) is 25.4 Å². The highest BCUT2D eigenvalue weighted by Gasteiger charge is 2.68. The lowest BCUT2D eigenvalue weighted by atomic mass is 9.61. The van der Waals surface area contributed by atoms with Gasteiger partial charge in [-0.25, -0.2) is 19.7 Å². The summed E-state index contributed by atoms with van der Waals surface area (Å²) < 4.78 is 12.2. The molecule has 0 saturated heterocycles. The molecule has 16 heteroatoms. The van der Waals surface area contributed by atoms with E-state index in [1.54, 1.807) is 48.3 Å². The van der Waals surface area contributed by atoms with E-state index < -0.39 is 18.2 Å². The number of hydrogen-bond acceptors (Lipinski definition) is 10. The van der Waals surface area contributed by atoms with Crippen molar-refractivity contribution in [3.8, 4) is 11.1 Å². The van der Waals surface area contributed by atoms with Crippen LogP contribution in [0.2, 0.25) is 0 Å². The first kappa shape index (κ1) is 50.5. The number of aliphatic imine (C=N–C) groups is 2. The number of nitrogens with two attached hydrogens (primary N) is 2. The Morgan fingerprint density at radius 3 is 1.56 bits per heavy atom. The SMILES string of the molecule is COC1CCC2(CC1)Cc1ccc(Br)cc1C21N=C(N)N(C(C)C)C1=O.[C-]#[N+]c1cccc(-c2ccc3c(c2)C2(N=C(N)N(C(C)C)C2=O)C2(CCC(OC)CC2)C3)c1.[C-]#[N+]c1cccc(B(O)O)c1. The van der Waals surface area contributed by atoms with E-state index in [2.05, 4.69) is 62.0 Å². The van der Waals surface area contributed by atoms with Gasteiger partial charge in [-0.2, -0.15) is 0 Å². The van der Waals surface area contributed by atoms with Gasteiger partial charge < -0.3 is 31.0 Å². The van der Waals surface area contributed by atoms with Crippen LogP contribution in [0.4, 0.5) is 11.4 Å². The Bertz CT molecular complexity index is 2820. The van der Waals surface area contributed by atoms with Crippen LogP contribution in [0.1, 0.15) is 101 Å². The van der Waals surface area contributed by atoms with Crippen LogP contribution >= 0.6 is 15.9 Å². The number of rotatable bonds is 6. The van der Waals surface area contributed by atoms with Crippen LogP contribution in [0, 0.1) is 24.0 Å². The molecule has 0 radical (unpaired) electrons. The van der Waals surface area contributed by atoms with Gasteiger partial charge in [-0.05, 0) is 155 Å². The van der Waals surface area contributed by atoms with Crippen LogP contribution in [0.25, 0.3) is 20.8 Å². The van der Waals surface area contributed by atoms with Crippen LogP contribution in [0.5, 0.6) is 0 Å². The standard InChI is InChI=1S/C27H30N4O2.C20H26BrN3O2.C7H6BNO2/c1-17(2)31-24(32)27(30-25(31)28)23-15-19(18-6-5-7-21(14-18)29-3)8-9-20(23)16-26(27)12-10-22(33-4)11-13-26;1-12(2)24-17(25)20(23-18(24)22)16-10-14(21)5-4-13(16)11-19(20)8-6-15(26-3)7-9-19;1-9-7-4-2-3-6(5-7)8(10)11/h5-9,14-15,17,22H,10-13,16H2,1-2,4H3,(H2,28,30);4-5,10,12,15H,6-9,11H2,1-3H3,(H2,22,23);2-5,10-11H. The molecule has 2 aliphatic heterocycles. The Balaban J connectivity index is 0.000000158. The number of amides is 2. The maximum Gasteiger partial charge on any atom is 0.487 e. The number of methoxy groups -OCH3 is 2. The fourth-order valence-corrected chi connectivity index (χ4v) is 12.7. The van der Waals surface area contributed by atoms with Crippen molar-refractivity contribution in [2.24, 2.45) is 32.3 Å².